The lowest BCUT2D eigenvalue weighted by molar-refractivity contribution is -0.149. The van der Waals surface area contributed by atoms with Crippen molar-refractivity contribution in [3.8, 4) is 11.5 Å². The van der Waals surface area contributed by atoms with E-state index in [-0.39, 0.29) is 30.2 Å². The molecule has 0 bridgehead atoms. The van der Waals surface area contributed by atoms with E-state index in [1.54, 1.807) is 24.4 Å². The molecule has 0 unspecified atom stereocenters. The zero-order chi connectivity index (χ0) is 26.6. The highest BCUT2D eigenvalue weighted by Crippen LogP contribution is 2.29. The van der Waals surface area contributed by atoms with E-state index in [0.29, 0.717) is 28.7 Å². The Morgan fingerprint density at radius 1 is 1.13 bits per heavy atom. The van der Waals surface area contributed by atoms with Crippen LogP contribution in [0.25, 0.3) is 11.0 Å². The van der Waals surface area contributed by atoms with Crippen LogP contribution in [0, 0.1) is 5.82 Å². The van der Waals surface area contributed by atoms with Crippen molar-refractivity contribution in [2.45, 2.75) is 45.1 Å². The average Bonchev–Trinajstić information content (AvgIpc) is 3.20. The van der Waals surface area contributed by atoms with E-state index in [1.807, 2.05) is 49.7 Å². The Morgan fingerprint density at radius 2 is 1.92 bits per heavy atom. The van der Waals surface area contributed by atoms with Gasteiger partial charge in [0.2, 0.25) is 5.95 Å². The van der Waals surface area contributed by atoms with Gasteiger partial charge in [-0.25, -0.2) is 9.37 Å². The van der Waals surface area contributed by atoms with E-state index in [1.165, 1.54) is 6.07 Å². The first-order valence-electron chi connectivity index (χ1n) is 12.9. The highest BCUT2D eigenvalue weighted by Gasteiger charge is 2.18. The fourth-order valence-electron chi connectivity index (χ4n) is 4.59. The molecule has 1 aliphatic rings. The lowest BCUT2D eigenvalue weighted by Crippen LogP contribution is -2.34. The topological polar surface area (TPSA) is 90.3 Å². The summed E-state index contributed by atoms with van der Waals surface area (Å²) in [6.45, 7) is 5.66. The fraction of sp³-hybridized carbons (Fsp3) is 0.345. The van der Waals surface area contributed by atoms with E-state index >= 15 is 0 Å². The standard InChI is InChI=1S/C29H32FN5O3/c1-18(2)24-15-19(4-6-25(24)30)33-29-34-26-17-22(5-7-27(26)35(29)3)37-23-10-13-32-20(14-23)16-28(36)38-21-8-11-31-12-9-21/h4-7,10,13-15,17-18,21,31H,8-9,11-12,16H2,1-3H3,(H,33,34). The number of carbonyl (C=O) groups excluding carboxylic acids is 1. The Labute approximate surface area is 221 Å². The normalized spacial score (nSPS) is 14.1. The number of anilines is 2. The van der Waals surface area contributed by atoms with Crippen molar-refractivity contribution < 1.29 is 18.7 Å². The summed E-state index contributed by atoms with van der Waals surface area (Å²) < 4.78 is 27.7. The molecule has 5 rings (SSSR count). The zero-order valence-corrected chi connectivity index (χ0v) is 21.8. The maximum absolute atomic E-state index is 14.1. The molecule has 2 aromatic heterocycles. The maximum atomic E-state index is 14.1. The molecule has 8 nitrogen and oxygen atoms in total. The number of pyridine rings is 1. The number of halogens is 1. The van der Waals surface area contributed by atoms with Crippen molar-refractivity contribution in [3.05, 3.63) is 71.8 Å². The van der Waals surface area contributed by atoms with Crippen LogP contribution in [-0.4, -0.2) is 39.7 Å². The quantitative estimate of drug-likeness (QED) is 0.294. The second-order valence-electron chi connectivity index (χ2n) is 9.86. The van der Waals surface area contributed by atoms with Gasteiger partial charge in [0.25, 0.3) is 0 Å². The molecule has 2 N–H and O–H groups in total. The van der Waals surface area contributed by atoms with E-state index < -0.39 is 0 Å². The van der Waals surface area contributed by atoms with Gasteiger partial charge in [-0.05, 0) is 73.8 Å². The first-order valence-corrected chi connectivity index (χ1v) is 12.9. The maximum Gasteiger partial charge on any atom is 0.312 e. The first kappa shape index (κ1) is 25.7. The predicted molar refractivity (Wildman–Crippen MR) is 144 cm³/mol. The minimum absolute atomic E-state index is 0.0343. The van der Waals surface area contributed by atoms with Crippen molar-refractivity contribution >= 4 is 28.6 Å². The molecule has 198 valence electrons. The number of piperidine rings is 1. The first-order chi connectivity index (χ1) is 18.4. The third-order valence-electron chi connectivity index (χ3n) is 6.66. The number of fused-ring (bicyclic) bond motifs is 1. The third-order valence-corrected chi connectivity index (χ3v) is 6.66. The van der Waals surface area contributed by atoms with E-state index in [4.69, 9.17) is 14.5 Å². The second-order valence-corrected chi connectivity index (χ2v) is 9.86. The minimum Gasteiger partial charge on any atom is -0.462 e. The highest BCUT2D eigenvalue weighted by atomic mass is 19.1. The van der Waals surface area contributed by atoms with E-state index in [9.17, 15) is 9.18 Å². The summed E-state index contributed by atoms with van der Waals surface area (Å²) in [7, 11) is 1.92. The minimum atomic E-state index is -0.279. The molecule has 2 aromatic carbocycles. The monoisotopic (exact) mass is 517 g/mol. The van der Waals surface area contributed by atoms with Crippen LogP contribution < -0.4 is 15.4 Å². The van der Waals surface area contributed by atoms with Crippen molar-refractivity contribution in [2.75, 3.05) is 18.4 Å². The molecule has 9 heteroatoms. The number of rotatable bonds is 8. The molecule has 0 spiro atoms. The van der Waals surface area contributed by atoms with Gasteiger partial charge in [0.05, 0.1) is 23.1 Å². The molecule has 38 heavy (non-hydrogen) atoms. The Bertz CT molecular complexity index is 1450. The smallest absolute Gasteiger partial charge is 0.312 e. The van der Waals surface area contributed by atoms with Gasteiger partial charge < -0.3 is 24.7 Å². The summed E-state index contributed by atoms with van der Waals surface area (Å²) in [5.74, 6) is 1.40. The number of aromatic nitrogens is 3. The number of ether oxygens (including phenoxy) is 2. The van der Waals surface area contributed by atoms with Crippen LogP contribution in [0.15, 0.2) is 54.7 Å². The molecule has 1 aliphatic heterocycles. The number of benzene rings is 2. The molecule has 0 atom stereocenters. The van der Waals surface area contributed by atoms with Gasteiger partial charge in [0, 0.05) is 31.1 Å². The third kappa shape index (κ3) is 5.94. The molecular weight excluding hydrogens is 485 g/mol. The Kier molecular flexibility index (Phi) is 7.55. The number of nitrogens with zero attached hydrogens (tertiary/aromatic N) is 3. The highest BCUT2D eigenvalue weighted by molar-refractivity contribution is 5.81. The number of hydrogen-bond donors (Lipinski definition) is 2. The van der Waals surface area contributed by atoms with E-state index in [0.717, 1.165) is 42.7 Å². The van der Waals surface area contributed by atoms with Crippen LogP contribution in [-0.2, 0) is 23.0 Å². The predicted octanol–water partition coefficient (Wildman–Crippen LogP) is 5.60. The van der Waals surface area contributed by atoms with Gasteiger partial charge in [-0.3, -0.25) is 9.78 Å². The molecule has 0 radical (unpaired) electrons. The van der Waals surface area contributed by atoms with Gasteiger partial charge in [0.15, 0.2) is 0 Å². The zero-order valence-electron chi connectivity index (χ0n) is 21.8. The van der Waals surface area contributed by atoms with Gasteiger partial charge in [0.1, 0.15) is 23.4 Å². The summed E-state index contributed by atoms with van der Waals surface area (Å²) in [5, 5.41) is 6.56. The van der Waals surface area contributed by atoms with Crippen molar-refractivity contribution in [1.29, 1.82) is 0 Å². The van der Waals surface area contributed by atoms with Gasteiger partial charge in [-0.1, -0.05) is 13.8 Å². The van der Waals surface area contributed by atoms with Crippen molar-refractivity contribution in [3.63, 3.8) is 0 Å². The molecule has 0 aliphatic carbocycles. The van der Waals surface area contributed by atoms with Crippen LogP contribution >= 0.6 is 0 Å². The average molecular weight is 518 g/mol. The molecular formula is C29H32FN5O3. The fourth-order valence-corrected chi connectivity index (χ4v) is 4.59. The number of imidazole rings is 1. The molecule has 4 aromatic rings. The van der Waals surface area contributed by atoms with Crippen molar-refractivity contribution in [2.24, 2.45) is 7.05 Å². The largest absolute Gasteiger partial charge is 0.462 e. The van der Waals surface area contributed by atoms with Crippen LogP contribution in [0.1, 0.15) is 43.9 Å². The lowest BCUT2D eigenvalue weighted by atomic mass is 10.0. The number of carbonyl (C=O) groups is 1. The Morgan fingerprint density at radius 3 is 2.71 bits per heavy atom. The Balaban J connectivity index is 1.28. The number of esters is 1. The van der Waals surface area contributed by atoms with Crippen molar-refractivity contribution in [1.82, 2.24) is 19.9 Å². The van der Waals surface area contributed by atoms with Crippen LogP contribution in [0.4, 0.5) is 16.0 Å². The summed E-state index contributed by atoms with van der Waals surface area (Å²) in [6.07, 6.45) is 3.35. The van der Waals surface area contributed by atoms with E-state index in [2.05, 4.69) is 15.6 Å². The number of hydrogen-bond acceptors (Lipinski definition) is 7. The van der Waals surface area contributed by atoms with Gasteiger partial charge >= 0.3 is 5.97 Å². The number of aryl methyl sites for hydroxylation is 1. The van der Waals surface area contributed by atoms with Crippen LogP contribution in [0.2, 0.25) is 0 Å². The SMILES string of the molecule is CC(C)c1cc(Nc2nc3cc(Oc4ccnc(CC(=O)OC5CCNCC5)c4)ccc3n2C)ccc1F. The summed E-state index contributed by atoms with van der Waals surface area (Å²) in [6, 6.07) is 14.2. The van der Waals surface area contributed by atoms with Gasteiger partial charge in [-0.15, -0.1) is 0 Å². The van der Waals surface area contributed by atoms with Crippen LogP contribution in [0.3, 0.4) is 0 Å². The summed E-state index contributed by atoms with van der Waals surface area (Å²) >= 11 is 0. The molecule has 1 fully saturated rings. The molecule has 1 saturated heterocycles. The summed E-state index contributed by atoms with van der Waals surface area (Å²) in [4.78, 5) is 21.4. The van der Waals surface area contributed by atoms with Crippen LogP contribution in [0.5, 0.6) is 11.5 Å². The van der Waals surface area contributed by atoms with Gasteiger partial charge in [-0.2, -0.15) is 0 Å². The molecule has 3 heterocycles. The second kappa shape index (κ2) is 11.2. The Hall–Kier alpha value is -3.98. The lowest BCUT2D eigenvalue weighted by Gasteiger charge is -2.22. The molecule has 0 amide bonds. The number of nitrogens with one attached hydrogen (secondary N) is 2. The summed E-state index contributed by atoms with van der Waals surface area (Å²) in [5.41, 5.74) is 3.68. The molecule has 0 saturated carbocycles.